The zero-order chi connectivity index (χ0) is 18.8. The number of aldehydes is 1. The highest BCUT2D eigenvalue weighted by atomic mass is 16.6. The summed E-state index contributed by atoms with van der Waals surface area (Å²) in [7, 11) is 1.52. The predicted molar refractivity (Wildman–Crippen MR) is 96.3 cm³/mol. The van der Waals surface area contributed by atoms with Gasteiger partial charge in [-0.25, -0.2) is 9.78 Å². The lowest BCUT2D eigenvalue weighted by Gasteiger charge is -2.19. The van der Waals surface area contributed by atoms with E-state index in [9.17, 15) is 9.59 Å². The minimum absolute atomic E-state index is 0.243. The van der Waals surface area contributed by atoms with Crippen molar-refractivity contribution in [3.8, 4) is 17.0 Å². The van der Waals surface area contributed by atoms with Crippen molar-refractivity contribution in [3.63, 3.8) is 0 Å². The summed E-state index contributed by atoms with van der Waals surface area (Å²) >= 11 is 0. The predicted octanol–water partition coefficient (Wildman–Crippen LogP) is 4.14. The first-order chi connectivity index (χ1) is 11.7. The van der Waals surface area contributed by atoms with Gasteiger partial charge >= 0.3 is 5.97 Å². The van der Waals surface area contributed by atoms with Crippen LogP contribution in [0.25, 0.3) is 11.3 Å². The highest BCUT2D eigenvalue weighted by molar-refractivity contribution is 5.90. The van der Waals surface area contributed by atoms with Gasteiger partial charge in [0, 0.05) is 5.56 Å². The Bertz CT molecular complexity index is 819. The van der Waals surface area contributed by atoms with Gasteiger partial charge in [0.1, 0.15) is 17.0 Å². The molecule has 0 aliphatic carbocycles. The largest absolute Gasteiger partial charge is 0.496 e. The molecule has 1 aromatic carbocycles. The number of pyridine rings is 1. The molecule has 0 fully saturated rings. The fraction of sp³-hybridized carbons (Fsp3) is 0.350. The van der Waals surface area contributed by atoms with Crippen LogP contribution in [0.3, 0.4) is 0 Å². The Morgan fingerprint density at radius 2 is 1.84 bits per heavy atom. The Hall–Kier alpha value is -2.69. The standard InChI is InChI=1S/C20H23NO4/c1-12-9-16(21-17(10-12)19(23)25-20(3,4)5)14-7-8-18(24-6)15(11-22)13(14)2/h7-11H,1-6H3. The number of esters is 1. The molecule has 0 unspecified atom stereocenters. The molecule has 0 saturated heterocycles. The third-order valence-corrected chi connectivity index (χ3v) is 3.67. The molecule has 2 aromatic rings. The lowest BCUT2D eigenvalue weighted by atomic mass is 9.98. The van der Waals surface area contributed by atoms with Crippen LogP contribution in [0, 0.1) is 13.8 Å². The number of ether oxygens (including phenoxy) is 2. The van der Waals surface area contributed by atoms with E-state index >= 15 is 0 Å². The fourth-order valence-corrected chi connectivity index (χ4v) is 2.55. The number of methoxy groups -OCH3 is 1. The average Bonchev–Trinajstić information content (AvgIpc) is 2.52. The molecular formula is C20H23NO4. The normalized spacial score (nSPS) is 11.1. The van der Waals surface area contributed by atoms with Crippen molar-refractivity contribution in [2.45, 2.75) is 40.2 Å². The monoisotopic (exact) mass is 341 g/mol. The van der Waals surface area contributed by atoms with Crippen molar-refractivity contribution in [2.75, 3.05) is 7.11 Å². The van der Waals surface area contributed by atoms with Crippen LogP contribution >= 0.6 is 0 Å². The van der Waals surface area contributed by atoms with Crippen molar-refractivity contribution in [3.05, 3.63) is 46.6 Å². The summed E-state index contributed by atoms with van der Waals surface area (Å²) < 4.78 is 10.6. The van der Waals surface area contributed by atoms with Crippen molar-refractivity contribution in [1.29, 1.82) is 0 Å². The van der Waals surface area contributed by atoms with Crippen LogP contribution in [0.15, 0.2) is 24.3 Å². The maximum Gasteiger partial charge on any atom is 0.357 e. The smallest absolute Gasteiger partial charge is 0.357 e. The molecule has 0 spiro atoms. The quantitative estimate of drug-likeness (QED) is 0.617. The Morgan fingerprint density at radius 3 is 2.40 bits per heavy atom. The van der Waals surface area contributed by atoms with Crippen LogP contribution in [0.4, 0.5) is 0 Å². The minimum atomic E-state index is -0.594. The van der Waals surface area contributed by atoms with E-state index in [1.807, 2.05) is 46.8 Å². The third-order valence-electron chi connectivity index (χ3n) is 3.67. The molecule has 132 valence electrons. The van der Waals surface area contributed by atoms with Gasteiger partial charge in [-0.1, -0.05) is 0 Å². The van der Waals surface area contributed by atoms with E-state index in [0.717, 1.165) is 23.0 Å². The Labute approximate surface area is 148 Å². The number of nitrogens with zero attached hydrogens (tertiary/aromatic N) is 1. The van der Waals surface area contributed by atoms with Gasteiger partial charge in [-0.15, -0.1) is 0 Å². The molecule has 5 heteroatoms. The summed E-state index contributed by atoms with van der Waals surface area (Å²) in [6.45, 7) is 9.15. The second kappa shape index (κ2) is 7.05. The Morgan fingerprint density at radius 1 is 1.16 bits per heavy atom. The first kappa shape index (κ1) is 18.6. The second-order valence-corrected chi connectivity index (χ2v) is 6.89. The molecule has 1 aromatic heterocycles. The van der Waals surface area contributed by atoms with Crippen LogP contribution in [0.2, 0.25) is 0 Å². The van der Waals surface area contributed by atoms with Crippen LogP contribution < -0.4 is 4.74 Å². The topological polar surface area (TPSA) is 65.5 Å². The molecule has 25 heavy (non-hydrogen) atoms. The summed E-state index contributed by atoms with van der Waals surface area (Å²) in [5.41, 5.74) is 3.15. The third kappa shape index (κ3) is 4.24. The molecule has 0 amide bonds. The van der Waals surface area contributed by atoms with E-state index in [0.29, 0.717) is 17.0 Å². The van der Waals surface area contributed by atoms with Gasteiger partial charge in [0.2, 0.25) is 0 Å². The number of carbonyl (C=O) groups is 2. The van der Waals surface area contributed by atoms with Crippen LogP contribution in [0.5, 0.6) is 5.75 Å². The maximum atomic E-state index is 12.3. The first-order valence-electron chi connectivity index (χ1n) is 8.01. The van der Waals surface area contributed by atoms with Gasteiger partial charge < -0.3 is 9.47 Å². The number of aromatic nitrogens is 1. The van der Waals surface area contributed by atoms with Gasteiger partial charge in [-0.3, -0.25) is 4.79 Å². The molecular weight excluding hydrogens is 318 g/mol. The second-order valence-electron chi connectivity index (χ2n) is 6.89. The lowest BCUT2D eigenvalue weighted by Crippen LogP contribution is -2.24. The SMILES string of the molecule is COc1ccc(-c2cc(C)cc(C(=O)OC(C)(C)C)n2)c(C)c1C=O. The summed E-state index contributed by atoms with van der Waals surface area (Å²) in [5.74, 6) is 0.0375. The average molecular weight is 341 g/mol. The zero-order valence-corrected chi connectivity index (χ0v) is 15.5. The molecule has 5 nitrogen and oxygen atoms in total. The highest BCUT2D eigenvalue weighted by Crippen LogP contribution is 2.30. The molecule has 0 atom stereocenters. The van der Waals surface area contributed by atoms with Crippen molar-refractivity contribution in [1.82, 2.24) is 4.98 Å². The summed E-state index contributed by atoms with van der Waals surface area (Å²) in [5, 5.41) is 0. The van der Waals surface area contributed by atoms with Gasteiger partial charge in [-0.05, 0) is 70.0 Å². The summed E-state index contributed by atoms with van der Waals surface area (Å²) in [4.78, 5) is 28.2. The first-order valence-corrected chi connectivity index (χ1v) is 8.01. The van der Waals surface area contributed by atoms with E-state index in [2.05, 4.69) is 4.98 Å². The van der Waals surface area contributed by atoms with E-state index in [4.69, 9.17) is 9.47 Å². The summed E-state index contributed by atoms with van der Waals surface area (Å²) in [6, 6.07) is 7.12. The van der Waals surface area contributed by atoms with Crippen LogP contribution in [-0.2, 0) is 4.74 Å². The van der Waals surface area contributed by atoms with Crippen molar-refractivity contribution < 1.29 is 19.1 Å². The molecule has 0 radical (unpaired) electrons. The van der Waals surface area contributed by atoms with Gasteiger partial charge in [0.25, 0.3) is 0 Å². The number of hydrogen-bond acceptors (Lipinski definition) is 5. The number of hydrogen-bond donors (Lipinski definition) is 0. The molecule has 1 heterocycles. The molecule has 0 aliphatic heterocycles. The number of carbonyl (C=O) groups excluding carboxylic acids is 2. The van der Waals surface area contributed by atoms with Crippen LogP contribution in [0.1, 0.15) is 52.7 Å². The summed E-state index contributed by atoms with van der Waals surface area (Å²) in [6.07, 6.45) is 0.766. The molecule has 0 aliphatic rings. The molecule has 2 rings (SSSR count). The Balaban J connectivity index is 2.54. The van der Waals surface area contributed by atoms with Crippen molar-refractivity contribution >= 4 is 12.3 Å². The molecule has 0 N–H and O–H groups in total. The number of aryl methyl sites for hydroxylation is 1. The van der Waals surface area contributed by atoms with E-state index in [-0.39, 0.29) is 5.69 Å². The lowest BCUT2D eigenvalue weighted by molar-refractivity contribution is 0.00627. The van der Waals surface area contributed by atoms with Gasteiger partial charge in [0.15, 0.2) is 6.29 Å². The highest BCUT2D eigenvalue weighted by Gasteiger charge is 2.20. The molecule has 0 saturated carbocycles. The minimum Gasteiger partial charge on any atom is -0.496 e. The molecule has 0 bridgehead atoms. The van der Waals surface area contributed by atoms with E-state index < -0.39 is 11.6 Å². The zero-order valence-electron chi connectivity index (χ0n) is 15.5. The number of rotatable bonds is 4. The van der Waals surface area contributed by atoms with Gasteiger partial charge in [0.05, 0.1) is 18.4 Å². The van der Waals surface area contributed by atoms with Crippen LogP contribution in [-0.4, -0.2) is 30.0 Å². The number of benzene rings is 1. The fourth-order valence-electron chi connectivity index (χ4n) is 2.55. The Kier molecular flexibility index (Phi) is 5.26. The maximum absolute atomic E-state index is 12.3. The van der Waals surface area contributed by atoms with E-state index in [1.54, 1.807) is 12.1 Å². The van der Waals surface area contributed by atoms with E-state index in [1.165, 1.54) is 7.11 Å². The van der Waals surface area contributed by atoms with Crippen molar-refractivity contribution in [2.24, 2.45) is 0 Å². The van der Waals surface area contributed by atoms with Gasteiger partial charge in [-0.2, -0.15) is 0 Å².